The summed E-state index contributed by atoms with van der Waals surface area (Å²) in [6.07, 6.45) is -0.573. The molecule has 26 heavy (non-hydrogen) atoms. The molecule has 0 saturated heterocycles. The van der Waals surface area contributed by atoms with E-state index in [4.69, 9.17) is 10.5 Å². The summed E-state index contributed by atoms with van der Waals surface area (Å²) < 4.78 is 4.86. The Balaban J connectivity index is 1.87. The fraction of sp³-hybridized carbons (Fsp3) is 0.211. The first-order valence-electron chi connectivity index (χ1n) is 8.01. The fourth-order valence-electron chi connectivity index (χ4n) is 2.22. The van der Waals surface area contributed by atoms with Crippen LogP contribution in [0.1, 0.15) is 15.9 Å². The Kier molecular flexibility index (Phi) is 7.85. The largest absolute Gasteiger partial charge is 0.443 e. The molecule has 0 bridgehead atoms. The molecule has 0 saturated carbocycles. The lowest BCUT2D eigenvalue weighted by Crippen LogP contribution is -2.48. The van der Waals surface area contributed by atoms with Crippen LogP contribution in [0, 0.1) is 0 Å². The molecule has 6 nitrogen and oxygen atoms in total. The third-order valence-electron chi connectivity index (χ3n) is 3.53. The number of rotatable bonds is 9. The number of carbonyl (C=O) groups excluding carboxylic acids is 3. The SMILES string of the molecule is N[C@@H](Cc1ccccc1)C(=O)N[C@@H](CSC(=O)c1ccccc1)OC=O. The number of carbonyl (C=O) groups is 3. The van der Waals surface area contributed by atoms with Crippen molar-refractivity contribution in [3.8, 4) is 0 Å². The summed E-state index contributed by atoms with van der Waals surface area (Å²) in [5.41, 5.74) is 7.38. The van der Waals surface area contributed by atoms with E-state index in [2.05, 4.69) is 5.32 Å². The number of thioether (sulfide) groups is 1. The molecule has 0 fully saturated rings. The van der Waals surface area contributed by atoms with Gasteiger partial charge in [-0.3, -0.25) is 14.4 Å². The van der Waals surface area contributed by atoms with E-state index in [9.17, 15) is 14.4 Å². The van der Waals surface area contributed by atoms with Crippen molar-refractivity contribution in [3.05, 3.63) is 71.8 Å². The maximum Gasteiger partial charge on any atom is 0.295 e. The highest BCUT2D eigenvalue weighted by atomic mass is 32.2. The Bertz CT molecular complexity index is 725. The summed E-state index contributed by atoms with van der Waals surface area (Å²) in [4.78, 5) is 35.0. The van der Waals surface area contributed by atoms with Crippen molar-refractivity contribution in [1.29, 1.82) is 0 Å². The number of benzene rings is 2. The molecule has 2 aromatic carbocycles. The normalized spacial score (nSPS) is 12.7. The van der Waals surface area contributed by atoms with Gasteiger partial charge in [0.1, 0.15) is 0 Å². The molecule has 3 N–H and O–H groups in total. The molecule has 2 aromatic rings. The topological polar surface area (TPSA) is 98.5 Å². The molecular weight excluding hydrogens is 352 g/mol. The number of hydrogen-bond donors (Lipinski definition) is 2. The maximum absolute atomic E-state index is 12.2. The predicted molar refractivity (Wildman–Crippen MR) is 100 cm³/mol. The molecule has 0 radical (unpaired) electrons. The number of amides is 1. The van der Waals surface area contributed by atoms with Gasteiger partial charge in [0.15, 0.2) is 6.23 Å². The van der Waals surface area contributed by atoms with Crippen LogP contribution in [0.4, 0.5) is 0 Å². The molecule has 0 aliphatic heterocycles. The minimum atomic E-state index is -0.931. The van der Waals surface area contributed by atoms with Crippen LogP contribution in [-0.2, 0) is 20.7 Å². The number of nitrogens with one attached hydrogen (secondary N) is 1. The zero-order chi connectivity index (χ0) is 18.8. The second kappa shape index (κ2) is 10.4. The Hall–Kier alpha value is -2.64. The molecule has 0 aliphatic carbocycles. The van der Waals surface area contributed by atoms with E-state index in [1.54, 1.807) is 24.3 Å². The first kappa shape index (κ1) is 19.7. The molecule has 2 atom stereocenters. The van der Waals surface area contributed by atoms with Gasteiger partial charge in [-0.2, -0.15) is 0 Å². The molecule has 1 amide bonds. The van der Waals surface area contributed by atoms with Gasteiger partial charge in [-0.25, -0.2) is 0 Å². The Morgan fingerprint density at radius 2 is 1.69 bits per heavy atom. The van der Waals surface area contributed by atoms with Gasteiger partial charge in [0.2, 0.25) is 11.0 Å². The standard InChI is InChI=1S/C19H20N2O4S/c20-16(11-14-7-3-1-4-8-14)18(23)21-17(25-13-22)12-26-19(24)15-9-5-2-6-10-15/h1-10,13,16-17H,11-12,20H2,(H,21,23)/t16-,17+/m0/s1. The molecule has 0 unspecified atom stereocenters. The summed E-state index contributed by atoms with van der Waals surface area (Å²) in [5, 5.41) is 2.38. The minimum Gasteiger partial charge on any atom is -0.443 e. The number of nitrogens with two attached hydrogens (primary N) is 1. The summed E-state index contributed by atoms with van der Waals surface area (Å²) in [6.45, 7) is 0.237. The smallest absolute Gasteiger partial charge is 0.295 e. The van der Waals surface area contributed by atoms with Gasteiger partial charge in [-0.1, -0.05) is 72.4 Å². The van der Waals surface area contributed by atoms with E-state index in [1.807, 2.05) is 36.4 Å². The van der Waals surface area contributed by atoms with Crippen LogP contribution in [0.2, 0.25) is 0 Å². The minimum absolute atomic E-state index is 0.0935. The Labute approximate surface area is 156 Å². The Morgan fingerprint density at radius 3 is 2.31 bits per heavy atom. The van der Waals surface area contributed by atoms with Gasteiger partial charge < -0.3 is 15.8 Å². The molecule has 2 rings (SSSR count). The van der Waals surface area contributed by atoms with E-state index < -0.39 is 18.2 Å². The van der Waals surface area contributed by atoms with Gasteiger partial charge in [0.25, 0.3) is 6.47 Å². The molecular formula is C19H20N2O4S. The van der Waals surface area contributed by atoms with E-state index in [-0.39, 0.29) is 17.3 Å². The Morgan fingerprint density at radius 1 is 1.08 bits per heavy atom. The van der Waals surface area contributed by atoms with Crippen LogP contribution in [0.5, 0.6) is 0 Å². The van der Waals surface area contributed by atoms with Crippen LogP contribution in [0.15, 0.2) is 60.7 Å². The lowest BCUT2D eigenvalue weighted by Gasteiger charge is -2.19. The van der Waals surface area contributed by atoms with Crippen molar-refractivity contribution in [2.24, 2.45) is 5.73 Å². The summed E-state index contributed by atoms with van der Waals surface area (Å²) in [5.74, 6) is -0.357. The summed E-state index contributed by atoms with van der Waals surface area (Å²) in [7, 11) is 0. The molecule has 0 heterocycles. The van der Waals surface area contributed by atoms with Crippen LogP contribution in [0.25, 0.3) is 0 Å². The highest BCUT2D eigenvalue weighted by Crippen LogP contribution is 2.13. The highest BCUT2D eigenvalue weighted by Gasteiger charge is 2.20. The van der Waals surface area contributed by atoms with Crippen LogP contribution in [0.3, 0.4) is 0 Å². The third-order valence-corrected chi connectivity index (χ3v) is 4.50. The van der Waals surface area contributed by atoms with E-state index in [0.29, 0.717) is 12.0 Å². The average Bonchev–Trinajstić information content (AvgIpc) is 2.67. The third kappa shape index (κ3) is 6.34. The van der Waals surface area contributed by atoms with Crippen molar-refractivity contribution < 1.29 is 19.1 Å². The summed E-state index contributed by atoms with van der Waals surface area (Å²) >= 11 is 0.957. The summed E-state index contributed by atoms with van der Waals surface area (Å²) in [6, 6.07) is 17.3. The van der Waals surface area contributed by atoms with E-state index in [0.717, 1.165) is 17.3 Å². The first-order valence-corrected chi connectivity index (χ1v) is 9.00. The van der Waals surface area contributed by atoms with Crippen molar-refractivity contribution in [3.63, 3.8) is 0 Å². The van der Waals surface area contributed by atoms with Crippen LogP contribution in [-0.4, -0.2) is 35.5 Å². The zero-order valence-corrected chi connectivity index (χ0v) is 14.9. The van der Waals surface area contributed by atoms with E-state index >= 15 is 0 Å². The quantitative estimate of drug-likeness (QED) is 0.514. The predicted octanol–water partition coefficient (Wildman–Crippen LogP) is 1.75. The van der Waals surface area contributed by atoms with Crippen LogP contribution >= 0.6 is 11.8 Å². The van der Waals surface area contributed by atoms with Gasteiger partial charge in [-0.05, 0) is 12.0 Å². The van der Waals surface area contributed by atoms with Gasteiger partial charge in [-0.15, -0.1) is 0 Å². The number of hydrogen-bond acceptors (Lipinski definition) is 6. The van der Waals surface area contributed by atoms with Crippen LogP contribution < -0.4 is 11.1 Å². The second-order valence-corrected chi connectivity index (χ2v) is 6.48. The zero-order valence-electron chi connectivity index (χ0n) is 14.0. The van der Waals surface area contributed by atoms with Gasteiger partial charge in [0.05, 0.1) is 11.8 Å². The van der Waals surface area contributed by atoms with Gasteiger partial charge >= 0.3 is 0 Å². The highest BCUT2D eigenvalue weighted by molar-refractivity contribution is 8.14. The monoisotopic (exact) mass is 372 g/mol. The van der Waals surface area contributed by atoms with Crippen molar-refractivity contribution in [1.82, 2.24) is 5.32 Å². The number of ether oxygens (including phenoxy) is 1. The molecule has 0 aliphatic rings. The first-order chi connectivity index (χ1) is 12.6. The second-order valence-electron chi connectivity index (χ2n) is 5.49. The molecule has 0 spiro atoms. The maximum atomic E-state index is 12.2. The lowest BCUT2D eigenvalue weighted by molar-refractivity contribution is -0.137. The van der Waals surface area contributed by atoms with Gasteiger partial charge in [0, 0.05) is 5.56 Å². The van der Waals surface area contributed by atoms with Crippen molar-refractivity contribution >= 4 is 29.3 Å². The van der Waals surface area contributed by atoms with Crippen molar-refractivity contribution in [2.75, 3.05) is 5.75 Å². The molecule has 0 aromatic heterocycles. The molecule has 7 heteroatoms. The average molecular weight is 372 g/mol. The van der Waals surface area contributed by atoms with E-state index in [1.165, 1.54) is 0 Å². The fourth-order valence-corrected chi connectivity index (χ4v) is 2.98. The van der Waals surface area contributed by atoms with Crippen molar-refractivity contribution in [2.45, 2.75) is 18.7 Å². The molecule has 136 valence electrons. The lowest BCUT2D eigenvalue weighted by atomic mass is 10.1.